The van der Waals surface area contributed by atoms with E-state index in [1.807, 2.05) is 0 Å². The van der Waals surface area contributed by atoms with Crippen molar-refractivity contribution in [3.8, 4) is 0 Å². The number of hydrogen-bond donors (Lipinski definition) is 2. The van der Waals surface area contributed by atoms with Crippen LogP contribution in [0.15, 0.2) is 18.2 Å². The van der Waals surface area contributed by atoms with Crippen molar-refractivity contribution in [2.75, 3.05) is 6.61 Å². The van der Waals surface area contributed by atoms with Gasteiger partial charge in [0.15, 0.2) is 11.6 Å². The van der Waals surface area contributed by atoms with Gasteiger partial charge in [-0.05, 0) is 30.5 Å². The molecule has 0 saturated heterocycles. The first-order valence-corrected chi connectivity index (χ1v) is 4.46. The topological polar surface area (TPSA) is 46.2 Å². The zero-order valence-electron chi connectivity index (χ0n) is 7.71. The highest BCUT2D eigenvalue weighted by Gasteiger charge is 2.08. The van der Waals surface area contributed by atoms with Crippen molar-refractivity contribution in [2.45, 2.75) is 18.9 Å². The Kier molecular flexibility index (Phi) is 3.98. The predicted octanol–water partition coefficient (Wildman–Crippen LogP) is 1.74. The molecule has 0 amide bonds. The molecule has 0 aliphatic rings. The van der Waals surface area contributed by atoms with Crippen LogP contribution >= 0.6 is 0 Å². The van der Waals surface area contributed by atoms with Crippen LogP contribution in [0, 0.1) is 11.6 Å². The first kappa shape index (κ1) is 11.1. The van der Waals surface area contributed by atoms with Gasteiger partial charge in [-0.3, -0.25) is 0 Å². The van der Waals surface area contributed by atoms with Crippen molar-refractivity contribution in [1.29, 1.82) is 0 Å². The summed E-state index contributed by atoms with van der Waals surface area (Å²) in [6.45, 7) is 0.0530. The number of hydrogen-bond acceptors (Lipinski definition) is 2. The molecule has 0 aromatic heterocycles. The Bertz CT molecular complexity index is 304. The molecule has 0 bridgehead atoms. The minimum atomic E-state index is -0.887. The zero-order chi connectivity index (χ0) is 10.6. The van der Waals surface area contributed by atoms with Crippen LogP contribution in [-0.2, 0) is 0 Å². The van der Waals surface area contributed by atoms with Gasteiger partial charge in [0.05, 0.1) is 0 Å². The lowest BCUT2D eigenvalue weighted by molar-refractivity contribution is 0.280. The molecule has 0 aliphatic heterocycles. The van der Waals surface area contributed by atoms with Crippen molar-refractivity contribution in [3.63, 3.8) is 0 Å². The lowest BCUT2D eigenvalue weighted by Crippen LogP contribution is -2.11. The molecule has 1 atom stereocenters. The van der Waals surface area contributed by atoms with Crippen LogP contribution in [0.2, 0.25) is 0 Å². The summed E-state index contributed by atoms with van der Waals surface area (Å²) in [6, 6.07) is 3.26. The third kappa shape index (κ3) is 2.75. The predicted molar refractivity (Wildman–Crippen MR) is 49.6 cm³/mol. The average Bonchev–Trinajstić information content (AvgIpc) is 2.18. The van der Waals surface area contributed by atoms with E-state index in [-0.39, 0.29) is 12.6 Å². The van der Waals surface area contributed by atoms with Gasteiger partial charge in [-0.1, -0.05) is 6.07 Å². The van der Waals surface area contributed by atoms with E-state index < -0.39 is 11.6 Å². The Morgan fingerprint density at radius 1 is 1.29 bits per heavy atom. The molecule has 78 valence electrons. The van der Waals surface area contributed by atoms with Gasteiger partial charge in [0.2, 0.25) is 0 Å². The van der Waals surface area contributed by atoms with E-state index in [9.17, 15) is 8.78 Å². The number of halogens is 2. The standard InChI is InChI=1S/C10H13F2NO/c11-8-4-3-7(6-9(8)12)10(13)2-1-5-14/h3-4,6,10,14H,1-2,5,13H2/t10-/m1/s1. The fourth-order valence-electron chi connectivity index (χ4n) is 1.22. The first-order valence-electron chi connectivity index (χ1n) is 4.46. The number of nitrogens with two attached hydrogens (primary N) is 1. The highest BCUT2D eigenvalue weighted by molar-refractivity contribution is 5.20. The van der Waals surface area contributed by atoms with E-state index >= 15 is 0 Å². The molecule has 0 radical (unpaired) electrons. The van der Waals surface area contributed by atoms with Gasteiger partial charge >= 0.3 is 0 Å². The maximum absolute atomic E-state index is 12.8. The van der Waals surface area contributed by atoms with E-state index in [0.717, 1.165) is 12.1 Å². The lowest BCUT2D eigenvalue weighted by atomic mass is 10.0. The maximum Gasteiger partial charge on any atom is 0.159 e. The van der Waals surface area contributed by atoms with Gasteiger partial charge in [-0.2, -0.15) is 0 Å². The smallest absolute Gasteiger partial charge is 0.159 e. The van der Waals surface area contributed by atoms with Crippen LogP contribution in [0.5, 0.6) is 0 Å². The summed E-state index contributed by atoms with van der Waals surface area (Å²) in [5.74, 6) is -1.76. The van der Waals surface area contributed by atoms with Gasteiger partial charge < -0.3 is 10.8 Å². The average molecular weight is 201 g/mol. The molecule has 1 aromatic rings. The second-order valence-corrected chi connectivity index (χ2v) is 3.15. The van der Waals surface area contributed by atoms with Crippen molar-refractivity contribution < 1.29 is 13.9 Å². The minimum Gasteiger partial charge on any atom is -0.396 e. The van der Waals surface area contributed by atoms with Gasteiger partial charge in [0.25, 0.3) is 0 Å². The second kappa shape index (κ2) is 5.02. The van der Waals surface area contributed by atoms with E-state index in [0.29, 0.717) is 18.4 Å². The monoisotopic (exact) mass is 201 g/mol. The quantitative estimate of drug-likeness (QED) is 0.779. The molecular formula is C10H13F2NO. The Labute approximate surface area is 81.4 Å². The molecule has 14 heavy (non-hydrogen) atoms. The molecule has 0 unspecified atom stereocenters. The number of rotatable bonds is 4. The van der Waals surface area contributed by atoms with E-state index in [2.05, 4.69) is 0 Å². The zero-order valence-corrected chi connectivity index (χ0v) is 7.71. The summed E-state index contributed by atoms with van der Waals surface area (Å²) < 4.78 is 25.3. The number of benzene rings is 1. The first-order chi connectivity index (χ1) is 6.65. The Balaban J connectivity index is 2.70. The van der Waals surface area contributed by atoms with Crippen molar-refractivity contribution in [1.82, 2.24) is 0 Å². The van der Waals surface area contributed by atoms with Crippen molar-refractivity contribution in [3.05, 3.63) is 35.4 Å². The Morgan fingerprint density at radius 3 is 2.57 bits per heavy atom. The number of aliphatic hydroxyl groups excluding tert-OH is 1. The maximum atomic E-state index is 12.8. The largest absolute Gasteiger partial charge is 0.396 e. The summed E-state index contributed by atoms with van der Waals surface area (Å²) in [5.41, 5.74) is 6.25. The fourth-order valence-corrected chi connectivity index (χ4v) is 1.22. The summed E-state index contributed by atoms with van der Waals surface area (Å²) in [4.78, 5) is 0. The molecule has 3 N–H and O–H groups in total. The van der Waals surface area contributed by atoms with E-state index in [1.54, 1.807) is 0 Å². The van der Waals surface area contributed by atoms with Gasteiger partial charge in [-0.25, -0.2) is 8.78 Å². The van der Waals surface area contributed by atoms with Crippen LogP contribution in [0.3, 0.4) is 0 Å². The molecule has 1 aromatic carbocycles. The third-order valence-electron chi connectivity index (χ3n) is 2.05. The van der Waals surface area contributed by atoms with Crippen molar-refractivity contribution in [2.24, 2.45) is 5.73 Å². The fraction of sp³-hybridized carbons (Fsp3) is 0.400. The van der Waals surface area contributed by atoms with Crippen LogP contribution in [0.25, 0.3) is 0 Å². The van der Waals surface area contributed by atoms with Crippen LogP contribution in [-0.4, -0.2) is 11.7 Å². The van der Waals surface area contributed by atoms with Crippen LogP contribution < -0.4 is 5.73 Å². The summed E-state index contributed by atoms with van der Waals surface area (Å²) in [6.07, 6.45) is 1.11. The summed E-state index contributed by atoms with van der Waals surface area (Å²) in [5, 5.41) is 8.57. The van der Waals surface area contributed by atoms with Gasteiger partial charge in [0.1, 0.15) is 0 Å². The van der Waals surface area contributed by atoms with Gasteiger partial charge in [-0.15, -0.1) is 0 Å². The molecular weight excluding hydrogens is 188 g/mol. The third-order valence-corrected chi connectivity index (χ3v) is 2.05. The van der Waals surface area contributed by atoms with E-state index in [4.69, 9.17) is 10.8 Å². The van der Waals surface area contributed by atoms with E-state index in [1.165, 1.54) is 6.07 Å². The molecule has 0 aliphatic carbocycles. The molecule has 1 rings (SSSR count). The summed E-state index contributed by atoms with van der Waals surface area (Å²) in [7, 11) is 0. The van der Waals surface area contributed by atoms with Crippen LogP contribution in [0.4, 0.5) is 8.78 Å². The number of aliphatic hydroxyl groups is 1. The molecule has 0 heterocycles. The lowest BCUT2D eigenvalue weighted by Gasteiger charge is -2.11. The van der Waals surface area contributed by atoms with Crippen molar-refractivity contribution >= 4 is 0 Å². The molecule has 0 fully saturated rings. The second-order valence-electron chi connectivity index (χ2n) is 3.15. The Morgan fingerprint density at radius 2 is 2.00 bits per heavy atom. The SMILES string of the molecule is N[C@H](CCCO)c1ccc(F)c(F)c1. The Hall–Kier alpha value is -1.00. The molecule has 0 saturated carbocycles. The van der Waals surface area contributed by atoms with Crippen LogP contribution in [0.1, 0.15) is 24.4 Å². The molecule has 0 spiro atoms. The normalized spacial score (nSPS) is 12.9. The highest BCUT2D eigenvalue weighted by Crippen LogP contribution is 2.17. The minimum absolute atomic E-state index is 0.0530. The molecule has 4 heteroatoms. The highest BCUT2D eigenvalue weighted by atomic mass is 19.2. The van der Waals surface area contributed by atoms with Gasteiger partial charge in [0, 0.05) is 12.6 Å². The summed E-state index contributed by atoms with van der Waals surface area (Å²) >= 11 is 0. The molecule has 2 nitrogen and oxygen atoms in total.